The SMILES string of the molecule is CC(C1Cc2cc(F)ccc2O1)N1CCN(C(=O)COC2CCC(N(C)c3ccc(N=O)c(C(F)(F)F)c3)CC2)CC1. The Morgan fingerprint density at radius 3 is 2.48 bits per heavy atom. The molecule has 1 saturated heterocycles. The van der Waals surface area contributed by atoms with E-state index in [0.29, 0.717) is 50.9 Å². The molecule has 1 saturated carbocycles. The van der Waals surface area contributed by atoms with Crippen molar-refractivity contribution >= 4 is 17.3 Å². The molecule has 5 rings (SSSR count). The van der Waals surface area contributed by atoms with Gasteiger partial charge in [-0.3, -0.25) is 9.69 Å². The summed E-state index contributed by atoms with van der Waals surface area (Å²) in [5.41, 5.74) is -0.397. The Kier molecular flexibility index (Phi) is 9.03. The molecule has 228 valence electrons. The molecule has 0 N–H and O–H groups in total. The number of anilines is 1. The first-order chi connectivity index (χ1) is 20.0. The van der Waals surface area contributed by atoms with E-state index in [9.17, 15) is 27.3 Å². The number of ether oxygens (including phenoxy) is 2. The van der Waals surface area contributed by atoms with Crippen LogP contribution in [0.1, 0.15) is 43.7 Å². The average molecular weight is 593 g/mol. The predicted molar refractivity (Wildman–Crippen MR) is 149 cm³/mol. The lowest BCUT2D eigenvalue weighted by Gasteiger charge is -2.40. The van der Waals surface area contributed by atoms with Gasteiger partial charge in [-0.1, -0.05) is 0 Å². The average Bonchev–Trinajstić information content (AvgIpc) is 3.42. The van der Waals surface area contributed by atoms with Gasteiger partial charge in [0.05, 0.1) is 11.7 Å². The molecular formula is C30H36F4N4O4. The number of carbonyl (C=O) groups excluding carboxylic acids is 1. The van der Waals surface area contributed by atoms with E-state index < -0.39 is 17.4 Å². The summed E-state index contributed by atoms with van der Waals surface area (Å²) in [7, 11) is 1.75. The first-order valence-electron chi connectivity index (χ1n) is 14.4. The van der Waals surface area contributed by atoms with Gasteiger partial charge in [0.15, 0.2) is 0 Å². The number of piperazine rings is 1. The molecule has 0 aromatic heterocycles. The Hall–Kier alpha value is -3.25. The van der Waals surface area contributed by atoms with Crippen LogP contribution in [0.15, 0.2) is 41.6 Å². The minimum Gasteiger partial charge on any atom is -0.488 e. The summed E-state index contributed by atoms with van der Waals surface area (Å²) in [4.78, 5) is 29.6. The maximum atomic E-state index is 13.6. The highest BCUT2D eigenvalue weighted by molar-refractivity contribution is 5.77. The number of rotatable bonds is 8. The summed E-state index contributed by atoms with van der Waals surface area (Å²) in [6.07, 6.45) is -1.33. The van der Waals surface area contributed by atoms with Gasteiger partial charge in [-0.05, 0) is 74.2 Å². The lowest BCUT2D eigenvalue weighted by Crippen LogP contribution is -2.55. The third-order valence-corrected chi connectivity index (χ3v) is 8.93. The summed E-state index contributed by atoms with van der Waals surface area (Å²) in [6, 6.07) is 8.32. The van der Waals surface area contributed by atoms with Crippen LogP contribution in [0.2, 0.25) is 0 Å². The van der Waals surface area contributed by atoms with Gasteiger partial charge in [0.2, 0.25) is 5.91 Å². The lowest BCUT2D eigenvalue weighted by atomic mass is 9.91. The van der Waals surface area contributed by atoms with Crippen molar-refractivity contribution in [3.8, 4) is 5.75 Å². The maximum absolute atomic E-state index is 13.6. The predicted octanol–water partition coefficient (Wildman–Crippen LogP) is 5.54. The number of alkyl halides is 3. The van der Waals surface area contributed by atoms with E-state index in [4.69, 9.17) is 9.47 Å². The highest BCUT2D eigenvalue weighted by Crippen LogP contribution is 2.39. The Morgan fingerprint density at radius 2 is 1.81 bits per heavy atom. The number of halogens is 4. The first kappa shape index (κ1) is 30.2. The summed E-state index contributed by atoms with van der Waals surface area (Å²) in [6.45, 7) is 4.73. The number of nitrogens with zero attached hydrogens (tertiary/aromatic N) is 4. The molecule has 0 bridgehead atoms. The zero-order chi connectivity index (χ0) is 30.0. The van der Waals surface area contributed by atoms with Crippen LogP contribution in [0.5, 0.6) is 5.75 Å². The van der Waals surface area contributed by atoms with Crippen molar-refractivity contribution in [2.75, 3.05) is 44.7 Å². The van der Waals surface area contributed by atoms with Crippen molar-refractivity contribution in [3.05, 3.63) is 58.2 Å². The molecule has 1 amide bonds. The summed E-state index contributed by atoms with van der Waals surface area (Å²) < 4.78 is 65.6. The van der Waals surface area contributed by atoms with Crippen molar-refractivity contribution in [3.63, 3.8) is 0 Å². The van der Waals surface area contributed by atoms with Crippen LogP contribution in [0.3, 0.4) is 0 Å². The molecule has 0 radical (unpaired) electrons. The minimum atomic E-state index is -4.66. The zero-order valence-corrected chi connectivity index (χ0v) is 23.8. The van der Waals surface area contributed by atoms with Gasteiger partial charge < -0.3 is 19.3 Å². The first-order valence-corrected chi connectivity index (χ1v) is 14.4. The van der Waals surface area contributed by atoms with E-state index >= 15 is 0 Å². The maximum Gasteiger partial charge on any atom is 0.418 e. The van der Waals surface area contributed by atoms with Crippen LogP contribution in [0, 0.1) is 10.7 Å². The highest BCUT2D eigenvalue weighted by Gasteiger charge is 2.36. The fraction of sp³-hybridized carbons (Fsp3) is 0.567. The molecule has 2 heterocycles. The topological polar surface area (TPSA) is 74.7 Å². The molecule has 2 atom stereocenters. The Morgan fingerprint density at radius 1 is 1.10 bits per heavy atom. The number of hydrogen-bond donors (Lipinski definition) is 0. The summed E-state index contributed by atoms with van der Waals surface area (Å²) in [5.74, 6) is 0.426. The lowest BCUT2D eigenvalue weighted by molar-refractivity contribution is -0.141. The van der Waals surface area contributed by atoms with Gasteiger partial charge in [-0.2, -0.15) is 13.2 Å². The fourth-order valence-corrected chi connectivity index (χ4v) is 6.27. The fourth-order valence-electron chi connectivity index (χ4n) is 6.27. The standard InChI is InChI=1S/C30H36F4N4O4/c1-19(28-16-20-15-21(31)3-10-27(20)42-28)37-11-13-38(14-12-37)29(39)18-41-24-7-4-22(5-8-24)36(2)23-6-9-26(35-40)25(17-23)30(32,33)34/h3,6,9-10,15,17,19,22,24,28H,4-5,7-8,11-14,16,18H2,1-2H3. The van der Waals surface area contributed by atoms with Crippen LogP contribution in [-0.4, -0.2) is 79.8 Å². The largest absolute Gasteiger partial charge is 0.488 e. The van der Waals surface area contributed by atoms with E-state index in [-0.39, 0.29) is 42.6 Å². The van der Waals surface area contributed by atoms with Crippen LogP contribution in [-0.2, 0) is 22.1 Å². The number of benzene rings is 2. The third kappa shape index (κ3) is 6.70. The molecule has 2 aliphatic heterocycles. The van der Waals surface area contributed by atoms with Crippen molar-refractivity contribution in [1.82, 2.24) is 9.80 Å². The van der Waals surface area contributed by atoms with Gasteiger partial charge in [0, 0.05) is 63.0 Å². The quantitative estimate of drug-likeness (QED) is 0.296. The second-order valence-corrected chi connectivity index (χ2v) is 11.4. The van der Waals surface area contributed by atoms with Crippen molar-refractivity contribution < 1.29 is 31.8 Å². The number of carbonyl (C=O) groups is 1. The second-order valence-electron chi connectivity index (χ2n) is 11.4. The zero-order valence-electron chi connectivity index (χ0n) is 23.8. The third-order valence-electron chi connectivity index (χ3n) is 8.93. The van der Waals surface area contributed by atoms with E-state index in [0.717, 1.165) is 36.5 Å². The summed E-state index contributed by atoms with van der Waals surface area (Å²) in [5, 5.41) is 2.51. The molecular weight excluding hydrogens is 556 g/mol. The van der Waals surface area contributed by atoms with E-state index in [1.54, 1.807) is 18.0 Å². The van der Waals surface area contributed by atoms with E-state index in [1.165, 1.54) is 18.2 Å². The van der Waals surface area contributed by atoms with Crippen LogP contribution >= 0.6 is 0 Å². The van der Waals surface area contributed by atoms with Gasteiger partial charge in [0.25, 0.3) is 0 Å². The number of amides is 1. The van der Waals surface area contributed by atoms with Crippen molar-refractivity contribution in [1.29, 1.82) is 0 Å². The minimum absolute atomic E-state index is 0.00242. The number of nitroso groups, excluding NO2 is 1. The van der Waals surface area contributed by atoms with Gasteiger partial charge >= 0.3 is 6.18 Å². The molecule has 12 heteroatoms. The number of fused-ring (bicyclic) bond motifs is 1. The smallest absolute Gasteiger partial charge is 0.418 e. The van der Waals surface area contributed by atoms with Gasteiger partial charge in [-0.25, -0.2) is 4.39 Å². The molecule has 2 aromatic rings. The van der Waals surface area contributed by atoms with Crippen LogP contribution < -0.4 is 9.64 Å². The highest BCUT2D eigenvalue weighted by atomic mass is 19.4. The Bertz CT molecular complexity index is 1280. The molecule has 1 aliphatic carbocycles. The molecule has 42 heavy (non-hydrogen) atoms. The molecule has 2 fully saturated rings. The molecule has 2 unspecified atom stereocenters. The van der Waals surface area contributed by atoms with Crippen LogP contribution in [0.4, 0.5) is 28.9 Å². The second kappa shape index (κ2) is 12.5. The molecule has 2 aromatic carbocycles. The summed E-state index contributed by atoms with van der Waals surface area (Å²) >= 11 is 0. The molecule has 0 spiro atoms. The molecule has 8 nitrogen and oxygen atoms in total. The Labute approximate surface area is 242 Å². The normalized spacial score (nSPS) is 23.7. The van der Waals surface area contributed by atoms with Gasteiger partial charge in [0.1, 0.15) is 30.0 Å². The van der Waals surface area contributed by atoms with Crippen molar-refractivity contribution in [2.45, 2.75) is 69.5 Å². The van der Waals surface area contributed by atoms with Gasteiger partial charge in [-0.15, -0.1) is 4.91 Å². The molecule has 3 aliphatic rings. The van der Waals surface area contributed by atoms with Crippen molar-refractivity contribution in [2.24, 2.45) is 5.18 Å². The van der Waals surface area contributed by atoms with Crippen LogP contribution in [0.25, 0.3) is 0 Å². The van der Waals surface area contributed by atoms with E-state index in [1.807, 2.05) is 4.90 Å². The Balaban J connectivity index is 1.04. The number of hydrogen-bond acceptors (Lipinski definition) is 7. The monoisotopic (exact) mass is 592 g/mol. The van der Waals surface area contributed by atoms with E-state index in [2.05, 4.69) is 17.0 Å².